The Morgan fingerprint density at radius 1 is 1.00 bits per heavy atom. The second kappa shape index (κ2) is 7.74. The molecular weight excluding hydrogens is 274 g/mol. The van der Waals surface area contributed by atoms with Crippen LogP contribution in [0.1, 0.15) is 37.0 Å². The summed E-state index contributed by atoms with van der Waals surface area (Å²) in [5, 5.41) is 12.4. The van der Waals surface area contributed by atoms with Crippen LogP contribution in [-0.4, -0.2) is 5.11 Å². The number of phenolic OH excluding ortho intramolecular Hbond substituents is 1. The molecule has 0 amide bonds. The molecule has 0 saturated carbocycles. The number of nitrogens with zero attached hydrogens (tertiary/aromatic N) is 1. The molecule has 1 N–H and O–H groups in total. The van der Waals surface area contributed by atoms with E-state index in [1.165, 1.54) is 11.1 Å². The number of aryl methyl sites for hydroxylation is 1. The third-order valence-electron chi connectivity index (χ3n) is 4.19. The van der Waals surface area contributed by atoms with Crippen molar-refractivity contribution in [3.63, 3.8) is 0 Å². The summed E-state index contributed by atoms with van der Waals surface area (Å²) in [5.41, 5.74) is 4.08. The summed E-state index contributed by atoms with van der Waals surface area (Å²) in [6.07, 6.45) is 3.90. The largest absolute Gasteiger partial charge is 0.508 e. The number of rotatable bonds is 7. The molecule has 2 aromatic rings. The second-order valence-corrected chi connectivity index (χ2v) is 5.76. The fourth-order valence-corrected chi connectivity index (χ4v) is 2.80. The van der Waals surface area contributed by atoms with Crippen LogP contribution in [0.5, 0.6) is 5.75 Å². The molecule has 0 saturated heterocycles. The SMILES string of the molecule is CCc1cc(CC(CC)Cc2ccc(O)cc2)ccc1N=O. The highest BCUT2D eigenvalue weighted by Gasteiger charge is 2.11. The van der Waals surface area contributed by atoms with Gasteiger partial charge in [-0.15, -0.1) is 4.91 Å². The minimum absolute atomic E-state index is 0.307. The molecule has 0 aliphatic carbocycles. The van der Waals surface area contributed by atoms with Crippen molar-refractivity contribution in [2.24, 2.45) is 11.1 Å². The molecular formula is C19H23NO2. The van der Waals surface area contributed by atoms with Crippen LogP contribution in [0.4, 0.5) is 5.69 Å². The summed E-state index contributed by atoms with van der Waals surface area (Å²) in [5.74, 6) is 0.852. The highest BCUT2D eigenvalue weighted by Crippen LogP contribution is 2.24. The summed E-state index contributed by atoms with van der Waals surface area (Å²) in [7, 11) is 0. The topological polar surface area (TPSA) is 49.7 Å². The number of benzene rings is 2. The van der Waals surface area contributed by atoms with Crippen molar-refractivity contribution in [2.45, 2.75) is 39.5 Å². The molecule has 116 valence electrons. The first-order valence-electron chi connectivity index (χ1n) is 7.89. The Balaban J connectivity index is 2.09. The molecule has 0 spiro atoms. The highest BCUT2D eigenvalue weighted by molar-refractivity contribution is 5.47. The van der Waals surface area contributed by atoms with E-state index in [0.717, 1.165) is 31.2 Å². The summed E-state index contributed by atoms with van der Waals surface area (Å²) < 4.78 is 0. The zero-order valence-corrected chi connectivity index (χ0v) is 13.2. The van der Waals surface area contributed by atoms with E-state index in [9.17, 15) is 10.0 Å². The smallest absolute Gasteiger partial charge is 0.115 e. The van der Waals surface area contributed by atoms with Crippen molar-refractivity contribution in [1.82, 2.24) is 0 Å². The van der Waals surface area contributed by atoms with Gasteiger partial charge in [0.25, 0.3) is 0 Å². The molecule has 0 heterocycles. The normalized spacial score (nSPS) is 12.1. The molecule has 3 nitrogen and oxygen atoms in total. The third-order valence-corrected chi connectivity index (χ3v) is 4.19. The van der Waals surface area contributed by atoms with Gasteiger partial charge >= 0.3 is 0 Å². The van der Waals surface area contributed by atoms with Gasteiger partial charge in [0.05, 0.1) is 0 Å². The molecule has 2 rings (SSSR count). The average Bonchev–Trinajstić information content (AvgIpc) is 2.56. The van der Waals surface area contributed by atoms with E-state index in [-0.39, 0.29) is 0 Å². The van der Waals surface area contributed by atoms with Gasteiger partial charge in [0.15, 0.2) is 0 Å². The highest BCUT2D eigenvalue weighted by atomic mass is 16.3. The Bertz CT molecular complexity index is 620. The fraction of sp³-hybridized carbons (Fsp3) is 0.368. The predicted molar refractivity (Wildman–Crippen MR) is 90.6 cm³/mol. The lowest BCUT2D eigenvalue weighted by Gasteiger charge is -2.16. The lowest BCUT2D eigenvalue weighted by Crippen LogP contribution is -2.07. The van der Waals surface area contributed by atoms with Crippen molar-refractivity contribution in [2.75, 3.05) is 0 Å². The number of hydrogen-bond donors (Lipinski definition) is 1. The van der Waals surface area contributed by atoms with Crippen LogP contribution in [-0.2, 0) is 19.3 Å². The summed E-state index contributed by atoms with van der Waals surface area (Å²) in [6.45, 7) is 4.24. The van der Waals surface area contributed by atoms with Gasteiger partial charge in [-0.05, 0) is 65.2 Å². The minimum Gasteiger partial charge on any atom is -0.508 e. The van der Waals surface area contributed by atoms with Gasteiger partial charge in [-0.3, -0.25) is 0 Å². The summed E-state index contributed by atoms with van der Waals surface area (Å²) >= 11 is 0. The number of hydrogen-bond acceptors (Lipinski definition) is 3. The fourth-order valence-electron chi connectivity index (χ4n) is 2.80. The van der Waals surface area contributed by atoms with E-state index in [0.29, 0.717) is 17.4 Å². The van der Waals surface area contributed by atoms with Gasteiger partial charge in [0, 0.05) is 0 Å². The molecule has 3 heteroatoms. The maximum absolute atomic E-state index is 10.8. The molecule has 0 aromatic heterocycles. The minimum atomic E-state index is 0.307. The molecule has 0 bridgehead atoms. The molecule has 22 heavy (non-hydrogen) atoms. The van der Waals surface area contributed by atoms with E-state index in [2.05, 4.69) is 18.2 Å². The number of aromatic hydroxyl groups is 1. The number of phenols is 1. The molecule has 0 aliphatic heterocycles. The van der Waals surface area contributed by atoms with Gasteiger partial charge in [-0.1, -0.05) is 44.5 Å². The average molecular weight is 297 g/mol. The van der Waals surface area contributed by atoms with Crippen molar-refractivity contribution < 1.29 is 5.11 Å². The second-order valence-electron chi connectivity index (χ2n) is 5.76. The van der Waals surface area contributed by atoms with Crippen LogP contribution in [0, 0.1) is 10.8 Å². The third kappa shape index (κ3) is 4.17. The Morgan fingerprint density at radius 2 is 1.64 bits per heavy atom. The number of nitroso groups, excluding NO2 is 1. The van der Waals surface area contributed by atoms with E-state index in [1.807, 2.05) is 31.2 Å². The zero-order chi connectivity index (χ0) is 15.9. The molecule has 0 aliphatic rings. The standard InChI is InChI=1S/C19H23NO2/c1-3-14(11-15-5-8-18(21)9-6-15)12-16-7-10-19(20-22)17(4-2)13-16/h5-10,13-14,21H,3-4,11-12H2,1-2H3. The van der Waals surface area contributed by atoms with Crippen LogP contribution < -0.4 is 0 Å². The van der Waals surface area contributed by atoms with E-state index >= 15 is 0 Å². The lowest BCUT2D eigenvalue weighted by molar-refractivity contribution is 0.473. The molecule has 0 fully saturated rings. The van der Waals surface area contributed by atoms with Gasteiger partial charge < -0.3 is 5.11 Å². The van der Waals surface area contributed by atoms with Gasteiger partial charge in [-0.25, -0.2) is 0 Å². The Kier molecular flexibility index (Phi) is 5.70. The van der Waals surface area contributed by atoms with Gasteiger partial charge in [0.1, 0.15) is 11.4 Å². The van der Waals surface area contributed by atoms with E-state index in [1.54, 1.807) is 12.1 Å². The Morgan fingerprint density at radius 3 is 2.23 bits per heavy atom. The molecule has 1 unspecified atom stereocenters. The molecule has 2 aromatic carbocycles. The van der Waals surface area contributed by atoms with Crippen LogP contribution in [0.2, 0.25) is 0 Å². The maximum atomic E-state index is 10.8. The summed E-state index contributed by atoms with van der Waals surface area (Å²) in [4.78, 5) is 10.8. The lowest BCUT2D eigenvalue weighted by atomic mass is 9.89. The first-order valence-corrected chi connectivity index (χ1v) is 7.89. The van der Waals surface area contributed by atoms with Crippen molar-refractivity contribution in [3.05, 3.63) is 64.1 Å². The quantitative estimate of drug-likeness (QED) is 0.717. The van der Waals surface area contributed by atoms with E-state index < -0.39 is 0 Å². The predicted octanol–water partition coefficient (Wildman–Crippen LogP) is 5.16. The Labute approximate surface area is 132 Å². The van der Waals surface area contributed by atoms with Gasteiger partial charge in [0.2, 0.25) is 0 Å². The van der Waals surface area contributed by atoms with Crippen molar-refractivity contribution >= 4 is 5.69 Å². The van der Waals surface area contributed by atoms with Crippen LogP contribution in [0.15, 0.2) is 47.6 Å². The molecule has 0 radical (unpaired) electrons. The molecule has 1 atom stereocenters. The van der Waals surface area contributed by atoms with Crippen molar-refractivity contribution in [1.29, 1.82) is 0 Å². The zero-order valence-electron chi connectivity index (χ0n) is 13.2. The first kappa shape index (κ1) is 16.2. The van der Waals surface area contributed by atoms with E-state index in [4.69, 9.17) is 0 Å². The Hall–Kier alpha value is -2.16. The monoisotopic (exact) mass is 297 g/mol. The van der Waals surface area contributed by atoms with Crippen LogP contribution >= 0.6 is 0 Å². The van der Waals surface area contributed by atoms with Crippen LogP contribution in [0.25, 0.3) is 0 Å². The van der Waals surface area contributed by atoms with Gasteiger partial charge in [-0.2, -0.15) is 0 Å². The summed E-state index contributed by atoms with van der Waals surface area (Å²) in [6, 6.07) is 13.4. The first-order chi connectivity index (χ1) is 10.7. The van der Waals surface area contributed by atoms with Crippen LogP contribution in [0.3, 0.4) is 0 Å². The maximum Gasteiger partial charge on any atom is 0.115 e. The van der Waals surface area contributed by atoms with Crippen molar-refractivity contribution in [3.8, 4) is 5.75 Å².